The normalized spacial score (nSPS) is 14.2. The summed E-state index contributed by atoms with van der Waals surface area (Å²) in [5, 5.41) is 9.38. The Hall–Kier alpha value is -1.45. The molecule has 0 radical (unpaired) electrons. The second kappa shape index (κ2) is 5.27. The zero-order valence-electron chi connectivity index (χ0n) is 12.7. The first kappa shape index (κ1) is 15.6. The SMILES string of the molecule is CCC(C)(C)c1ncc([C@H](C(=O)O)C(C)(C)C)cn1. The van der Waals surface area contributed by atoms with Gasteiger partial charge in [0.2, 0.25) is 0 Å². The van der Waals surface area contributed by atoms with Crippen molar-refractivity contribution in [3.63, 3.8) is 0 Å². The molecular weight excluding hydrogens is 240 g/mol. The maximum atomic E-state index is 11.4. The van der Waals surface area contributed by atoms with Crippen LogP contribution in [0.15, 0.2) is 12.4 Å². The predicted molar refractivity (Wildman–Crippen MR) is 75.2 cm³/mol. The van der Waals surface area contributed by atoms with E-state index in [4.69, 9.17) is 0 Å². The third-order valence-corrected chi connectivity index (χ3v) is 3.61. The summed E-state index contributed by atoms with van der Waals surface area (Å²) in [7, 11) is 0. The second-order valence-electron chi connectivity index (χ2n) is 6.71. The van der Waals surface area contributed by atoms with Crippen LogP contribution in [0.25, 0.3) is 0 Å². The fraction of sp³-hybridized carbons (Fsp3) is 0.667. The number of carboxylic acids is 1. The van der Waals surface area contributed by atoms with Gasteiger partial charge in [-0.2, -0.15) is 0 Å². The zero-order chi connectivity index (χ0) is 14.8. The van der Waals surface area contributed by atoms with E-state index in [2.05, 4.69) is 30.7 Å². The highest BCUT2D eigenvalue weighted by Crippen LogP contribution is 2.35. The summed E-state index contributed by atoms with van der Waals surface area (Å²) in [6.07, 6.45) is 4.25. The number of aliphatic carboxylic acids is 1. The molecule has 0 fully saturated rings. The van der Waals surface area contributed by atoms with E-state index in [9.17, 15) is 9.90 Å². The van der Waals surface area contributed by atoms with Gasteiger partial charge in [0.1, 0.15) is 5.82 Å². The Morgan fingerprint density at radius 2 is 1.68 bits per heavy atom. The summed E-state index contributed by atoms with van der Waals surface area (Å²) in [5.41, 5.74) is 0.214. The van der Waals surface area contributed by atoms with E-state index in [1.165, 1.54) is 0 Å². The molecule has 0 aromatic carbocycles. The molecule has 0 bridgehead atoms. The molecule has 0 aliphatic rings. The number of carbonyl (C=O) groups is 1. The minimum absolute atomic E-state index is 0.0843. The van der Waals surface area contributed by atoms with Gasteiger partial charge in [0.05, 0.1) is 5.92 Å². The van der Waals surface area contributed by atoms with Gasteiger partial charge in [-0.15, -0.1) is 0 Å². The predicted octanol–water partition coefficient (Wildman–Crippen LogP) is 3.38. The fourth-order valence-electron chi connectivity index (χ4n) is 2.01. The summed E-state index contributed by atoms with van der Waals surface area (Å²) in [5.74, 6) is -0.665. The van der Waals surface area contributed by atoms with Gasteiger partial charge in [0.25, 0.3) is 0 Å². The Bertz CT molecular complexity index is 444. The van der Waals surface area contributed by atoms with Crippen LogP contribution in [0.1, 0.15) is 65.3 Å². The first-order chi connectivity index (χ1) is 8.59. The van der Waals surface area contributed by atoms with Crippen molar-refractivity contribution in [3.05, 3.63) is 23.8 Å². The van der Waals surface area contributed by atoms with Gasteiger partial charge >= 0.3 is 5.97 Å². The molecule has 4 heteroatoms. The van der Waals surface area contributed by atoms with E-state index in [-0.39, 0.29) is 10.8 Å². The average molecular weight is 264 g/mol. The van der Waals surface area contributed by atoms with Gasteiger partial charge in [0, 0.05) is 23.4 Å². The smallest absolute Gasteiger partial charge is 0.311 e. The number of nitrogens with zero attached hydrogens (tertiary/aromatic N) is 2. The number of aromatic nitrogens is 2. The molecule has 0 saturated carbocycles. The van der Waals surface area contributed by atoms with Crippen molar-refractivity contribution in [1.29, 1.82) is 0 Å². The lowest BCUT2D eigenvalue weighted by Crippen LogP contribution is -2.27. The average Bonchev–Trinajstić information content (AvgIpc) is 2.27. The molecule has 4 nitrogen and oxygen atoms in total. The van der Waals surface area contributed by atoms with Crippen molar-refractivity contribution in [2.24, 2.45) is 5.41 Å². The number of rotatable bonds is 4. The summed E-state index contributed by atoms with van der Waals surface area (Å²) in [6, 6.07) is 0. The van der Waals surface area contributed by atoms with Crippen LogP contribution < -0.4 is 0 Å². The molecule has 1 aromatic heterocycles. The lowest BCUT2D eigenvalue weighted by molar-refractivity contribution is -0.141. The van der Waals surface area contributed by atoms with Crippen molar-refractivity contribution in [2.75, 3.05) is 0 Å². The molecule has 19 heavy (non-hydrogen) atoms. The topological polar surface area (TPSA) is 63.1 Å². The monoisotopic (exact) mass is 264 g/mol. The summed E-state index contributed by atoms with van der Waals surface area (Å²) < 4.78 is 0. The molecule has 0 aliphatic heterocycles. The Kier molecular flexibility index (Phi) is 4.33. The molecule has 0 aliphatic carbocycles. The van der Waals surface area contributed by atoms with Gasteiger partial charge < -0.3 is 5.11 Å². The molecular formula is C15H24N2O2. The molecule has 106 valence electrons. The molecule has 1 heterocycles. The lowest BCUT2D eigenvalue weighted by Gasteiger charge is -2.27. The highest BCUT2D eigenvalue weighted by atomic mass is 16.4. The van der Waals surface area contributed by atoms with Crippen LogP contribution in [0.2, 0.25) is 0 Å². The van der Waals surface area contributed by atoms with Crippen molar-refractivity contribution in [2.45, 2.75) is 59.3 Å². The maximum Gasteiger partial charge on any atom is 0.311 e. The largest absolute Gasteiger partial charge is 0.481 e. The van der Waals surface area contributed by atoms with Gasteiger partial charge in [0.15, 0.2) is 0 Å². The molecule has 1 atom stereocenters. The van der Waals surface area contributed by atoms with E-state index in [1.807, 2.05) is 20.8 Å². The Labute approximate surface area is 115 Å². The minimum atomic E-state index is -0.835. The number of hydrogen-bond acceptors (Lipinski definition) is 3. The molecule has 0 saturated heterocycles. The Morgan fingerprint density at radius 3 is 2.00 bits per heavy atom. The minimum Gasteiger partial charge on any atom is -0.481 e. The molecule has 0 spiro atoms. The zero-order valence-corrected chi connectivity index (χ0v) is 12.7. The van der Waals surface area contributed by atoms with Crippen LogP contribution in [-0.2, 0) is 10.2 Å². The molecule has 0 amide bonds. The maximum absolute atomic E-state index is 11.4. The van der Waals surface area contributed by atoms with Gasteiger partial charge in [-0.25, -0.2) is 9.97 Å². The molecule has 0 unspecified atom stereocenters. The lowest BCUT2D eigenvalue weighted by atomic mass is 9.77. The Balaban J connectivity index is 3.14. The van der Waals surface area contributed by atoms with E-state index in [0.717, 1.165) is 12.2 Å². The molecule has 1 N–H and O–H groups in total. The van der Waals surface area contributed by atoms with Crippen LogP contribution in [0.4, 0.5) is 0 Å². The third kappa shape index (κ3) is 3.52. The Morgan fingerprint density at radius 1 is 1.21 bits per heavy atom. The van der Waals surface area contributed by atoms with E-state index in [1.54, 1.807) is 12.4 Å². The third-order valence-electron chi connectivity index (χ3n) is 3.61. The fourth-order valence-corrected chi connectivity index (χ4v) is 2.01. The van der Waals surface area contributed by atoms with Crippen molar-refractivity contribution in [1.82, 2.24) is 9.97 Å². The van der Waals surface area contributed by atoms with Crippen LogP contribution in [0, 0.1) is 5.41 Å². The molecule has 1 aromatic rings. The second-order valence-corrected chi connectivity index (χ2v) is 6.71. The number of hydrogen-bond donors (Lipinski definition) is 1. The summed E-state index contributed by atoms with van der Waals surface area (Å²) in [4.78, 5) is 20.2. The van der Waals surface area contributed by atoms with Gasteiger partial charge in [-0.1, -0.05) is 41.5 Å². The van der Waals surface area contributed by atoms with Crippen LogP contribution >= 0.6 is 0 Å². The van der Waals surface area contributed by atoms with Gasteiger partial charge in [-0.05, 0) is 11.8 Å². The summed E-state index contributed by atoms with van der Waals surface area (Å²) >= 11 is 0. The first-order valence-corrected chi connectivity index (χ1v) is 6.65. The quantitative estimate of drug-likeness (QED) is 0.905. The highest BCUT2D eigenvalue weighted by Gasteiger charge is 2.33. The van der Waals surface area contributed by atoms with Crippen LogP contribution in [0.3, 0.4) is 0 Å². The standard InChI is InChI=1S/C15H24N2O2/c1-7-15(5,6)13-16-8-10(9-17-13)11(12(18)19)14(2,3)4/h8-9,11H,7H2,1-6H3,(H,18,19)/t11-/m1/s1. The number of carboxylic acid groups (broad SMARTS) is 1. The highest BCUT2D eigenvalue weighted by molar-refractivity contribution is 5.76. The van der Waals surface area contributed by atoms with Crippen molar-refractivity contribution < 1.29 is 9.90 Å². The summed E-state index contributed by atoms with van der Waals surface area (Å²) in [6.45, 7) is 12.0. The van der Waals surface area contributed by atoms with Gasteiger partial charge in [-0.3, -0.25) is 4.79 Å². The van der Waals surface area contributed by atoms with E-state index in [0.29, 0.717) is 5.56 Å². The van der Waals surface area contributed by atoms with E-state index < -0.39 is 11.9 Å². The van der Waals surface area contributed by atoms with E-state index >= 15 is 0 Å². The van der Waals surface area contributed by atoms with Crippen LogP contribution in [0.5, 0.6) is 0 Å². The molecule has 1 rings (SSSR count). The van der Waals surface area contributed by atoms with Crippen molar-refractivity contribution >= 4 is 5.97 Å². The van der Waals surface area contributed by atoms with Crippen molar-refractivity contribution in [3.8, 4) is 0 Å². The van der Waals surface area contributed by atoms with Crippen LogP contribution in [-0.4, -0.2) is 21.0 Å². The first-order valence-electron chi connectivity index (χ1n) is 6.65.